The molecule has 0 aliphatic carbocycles. The van der Waals surface area contributed by atoms with Crippen LogP contribution in [0.15, 0.2) is 47.6 Å². The van der Waals surface area contributed by atoms with Crippen LogP contribution in [0.25, 0.3) is 0 Å². The summed E-state index contributed by atoms with van der Waals surface area (Å²) in [4.78, 5) is 12.3. The molecule has 0 unspecified atom stereocenters. The van der Waals surface area contributed by atoms with Crippen molar-refractivity contribution in [1.82, 2.24) is 14.1 Å². The van der Waals surface area contributed by atoms with Gasteiger partial charge in [-0.15, -0.1) is 0 Å². The minimum atomic E-state index is -3.58. The Kier molecular flexibility index (Phi) is 6.02. The quantitative estimate of drug-likeness (QED) is 0.784. The first-order valence-corrected chi connectivity index (χ1v) is 9.95. The molecule has 1 N–H and O–H groups in total. The van der Waals surface area contributed by atoms with Gasteiger partial charge >= 0.3 is 0 Å². The van der Waals surface area contributed by atoms with Crippen molar-refractivity contribution >= 4 is 21.6 Å². The van der Waals surface area contributed by atoms with Crippen molar-refractivity contribution < 1.29 is 17.9 Å². The molecule has 2 heterocycles. The molecule has 8 nitrogen and oxygen atoms in total. The highest BCUT2D eigenvalue weighted by molar-refractivity contribution is 7.89. The number of amides is 1. The number of aryl methyl sites for hydroxylation is 1. The van der Waals surface area contributed by atoms with Gasteiger partial charge in [-0.25, -0.2) is 8.42 Å². The van der Waals surface area contributed by atoms with Crippen molar-refractivity contribution in [2.45, 2.75) is 24.3 Å². The Labute approximate surface area is 152 Å². The third-order valence-electron chi connectivity index (χ3n) is 4.08. The number of benzene rings is 1. The molecule has 1 aromatic carbocycles. The highest BCUT2D eigenvalue weighted by Crippen LogP contribution is 2.20. The second-order valence-corrected chi connectivity index (χ2v) is 7.90. The lowest BCUT2D eigenvalue weighted by atomic mass is 10.2. The molecule has 1 fully saturated rings. The summed E-state index contributed by atoms with van der Waals surface area (Å²) in [7, 11) is -3.58. The molecule has 0 atom stereocenters. The zero-order valence-electron chi connectivity index (χ0n) is 14.4. The molecule has 1 aromatic heterocycles. The Balaban J connectivity index is 1.58. The maximum absolute atomic E-state index is 12.7. The van der Waals surface area contributed by atoms with Crippen molar-refractivity contribution in [3.05, 3.63) is 42.7 Å². The Morgan fingerprint density at radius 1 is 1.23 bits per heavy atom. The number of nitrogens with zero attached hydrogens (tertiary/aromatic N) is 3. The average Bonchev–Trinajstić information content (AvgIpc) is 3.16. The number of carbonyl (C=O) groups is 1. The Hall–Kier alpha value is -2.23. The van der Waals surface area contributed by atoms with Crippen LogP contribution in [0.1, 0.15) is 12.8 Å². The number of anilines is 1. The molecule has 26 heavy (non-hydrogen) atoms. The van der Waals surface area contributed by atoms with Gasteiger partial charge in [0.15, 0.2) is 0 Å². The average molecular weight is 378 g/mol. The fourth-order valence-corrected chi connectivity index (χ4v) is 4.18. The minimum absolute atomic E-state index is 0.155. The number of rotatable bonds is 7. The Bertz CT molecular complexity index is 830. The first-order valence-electron chi connectivity index (χ1n) is 8.51. The van der Waals surface area contributed by atoms with Gasteiger partial charge < -0.3 is 10.1 Å². The van der Waals surface area contributed by atoms with Crippen molar-refractivity contribution in [2.75, 3.05) is 31.6 Å². The summed E-state index contributed by atoms with van der Waals surface area (Å²) >= 11 is 0. The van der Waals surface area contributed by atoms with E-state index in [1.165, 1.54) is 16.4 Å². The summed E-state index contributed by atoms with van der Waals surface area (Å²) in [5.74, 6) is -0.155. The van der Waals surface area contributed by atoms with Crippen LogP contribution in [-0.2, 0) is 26.1 Å². The summed E-state index contributed by atoms with van der Waals surface area (Å²) in [6.45, 7) is 2.13. The van der Waals surface area contributed by atoms with Crippen LogP contribution in [0.3, 0.4) is 0 Å². The highest BCUT2D eigenvalue weighted by Gasteiger charge is 2.26. The Morgan fingerprint density at radius 2 is 2.04 bits per heavy atom. The third-order valence-corrected chi connectivity index (χ3v) is 5.97. The molecule has 9 heteroatoms. The monoisotopic (exact) mass is 378 g/mol. The predicted molar refractivity (Wildman–Crippen MR) is 96.1 cm³/mol. The molecule has 0 radical (unpaired) electrons. The van der Waals surface area contributed by atoms with Gasteiger partial charge in [0.05, 0.1) is 18.1 Å². The van der Waals surface area contributed by atoms with Crippen LogP contribution in [-0.4, -0.2) is 54.7 Å². The number of aromatic nitrogens is 2. The summed E-state index contributed by atoms with van der Waals surface area (Å²) in [5.41, 5.74) is 0.475. The van der Waals surface area contributed by atoms with Crippen molar-refractivity contribution in [2.24, 2.45) is 0 Å². The molecule has 0 bridgehead atoms. The number of nitrogens with one attached hydrogen (secondary N) is 1. The fraction of sp³-hybridized carbons (Fsp3) is 0.412. The van der Waals surface area contributed by atoms with Gasteiger partial charge in [0.25, 0.3) is 0 Å². The van der Waals surface area contributed by atoms with Crippen molar-refractivity contribution in [3.63, 3.8) is 0 Å². The van der Waals surface area contributed by atoms with Crippen LogP contribution < -0.4 is 5.32 Å². The van der Waals surface area contributed by atoms with E-state index in [2.05, 4.69) is 10.4 Å². The molecule has 1 aliphatic heterocycles. The normalized spacial score (nSPS) is 15.7. The lowest BCUT2D eigenvalue weighted by molar-refractivity contribution is -0.116. The lowest BCUT2D eigenvalue weighted by Gasteiger charge is -2.26. The van der Waals surface area contributed by atoms with Gasteiger partial charge in [-0.05, 0) is 30.7 Å². The molecular formula is C17H22N4O4S. The van der Waals surface area contributed by atoms with E-state index in [1.54, 1.807) is 23.0 Å². The van der Waals surface area contributed by atoms with Gasteiger partial charge in [-0.2, -0.15) is 9.40 Å². The topological polar surface area (TPSA) is 93.5 Å². The number of sulfonamides is 1. The molecule has 1 saturated heterocycles. The molecule has 0 saturated carbocycles. The first kappa shape index (κ1) is 18.6. The fourth-order valence-electron chi connectivity index (χ4n) is 2.73. The van der Waals surface area contributed by atoms with E-state index in [0.717, 1.165) is 0 Å². The summed E-state index contributed by atoms with van der Waals surface area (Å²) in [5, 5.41) is 6.85. The van der Waals surface area contributed by atoms with Gasteiger partial charge in [0.2, 0.25) is 15.9 Å². The smallest absolute Gasteiger partial charge is 0.243 e. The second kappa shape index (κ2) is 8.43. The van der Waals surface area contributed by atoms with Gasteiger partial charge in [0, 0.05) is 44.1 Å². The summed E-state index contributed by atoms with van der Waals surface area (Å²) in [6, 6.07) is 8.19. The number of ether oxygens (including phenoxy) is 1. The SMILES string of the molecule is O=C(CCCn1cccn1)Nc1cccc(S(=O)(=O)N2CCOCC2)c1. The van der Waals surface area contributed by atoms with Crippen LogP contribution in [0.2, 0.25) is 0 Å². The number of hydrogen-bond donors (Lipinski definition) is 1. The van der Waals surface area contributed by atoms with Crippen LogP contribution >= 0.6 is 0 Å². The highest BCUT2D eigenvalue weighted by atomic mass is 32.2. The van der Waals surface area contributed by atoms with E-state index in [0.29, 0.717) is 51.4 Å². The number of morpholine rings is 1. The van der Waals surface area contributed by atoms with E-state index >= 15 is 0 Å². The zero-order chi connectivity index (χ0) is 18.4. The predicted octanol–water partition coefficient (Wildman–Crippen LogP) is 1.32. The molecule has 1 aliphatic rings. The largest absolute Gasteiger partial charge is 0.379 e. The molecule has 0 spiro atoms. The second-order valence-electron chi connectivity index (χ2n) is 5.97. The van der Waals surface area contributed by atoms with Crippen LogP contribution in [0.4, 0.5) is 5.69 Å². The van der Waals surface area contributed by atoms with E-state index in [9.17, 15) is 13.2 Å². The summed E-state index contributed by atoms with van der Waals surface area (Å²) < 4.78 is 33.7. The standard InChI is InChI=1S/C17H22N4O4S/c22-17(6-2-8-20-9-3-7-18-20)19-15-4-1-5-16(14-15)26(23,24)21-10-12-25-13-11-21/h1,3-5,7,9,14H,2,6,8,10-13H2,(H,19,22). The minimum Gasteiger partial charge on any atom is -0.379 e. The first-order chi connectivity index (χ1) is 12.6. The maximum Gasteiger partial charge on any atom is 0.243 e. The molecule has 1 amide bonds. The molecule has 140 valence electrons. The number of hydrogen-bond acceptors (Lipinski definition) is 5. The molecule has 2 aromatic rings. The maximum atomic E-state index is 12.7. The van der Waals surface area contributed by atoms with Gasteiger partial charge in [-0.3, -0.25) is 9.48 Å². The summed E-state index contributed by atoms with van der Waals surface area (Å²) in [6.07, 6.45) is 4.53. The van der Waals surface area contributed by atoms with E-state index in [4.69, 9.17) is 4.74 Å². The van der Waals surface area contributed by atoms with Crippen molar-refractivity contribution in [3.8, 4) is 0 Å². The van der Waals surface area contributed by atoms with E-state index < -0.39 is 10.0 Å². The molecular weight excluding hydrogens is 356 g/mol. The molecule has 3 rings (SSSR count). The zero-order valence-corrected chi connectivity index (χ0v) is 15.2. The van der Waals surface area contributed by atoms with Gasteiger partial charge in [0.1, 0.15) is 0 Å². The van der Waals surface area contributed by atoms with E-state index in [1.807, 2.05) is 12.3 Å². The van der Waals surface area contributed by atoms with Crippen molar-refractivity contribution in [1.29, 1.82) is 0 Å². The lowest BCUT2D eigenvalue weighted by Crippen LogP contribution is -2.40. The van der Waals surface area contributed by atoms with Gasteiger partial charge in [-0.1, -0.05) is 6.07 Å². The van der Waals surface area contributed by atoms with Crippen LogP contribution in [0, 0.1) is 0 Å². The Morgan fingerprint density at radius 3 is 2.77 bits per heavy atom. The van der Waals surface area contributed by atoms with E-state index in [-0.39, 0.29) is 10.8 Å². The van der Waals surface area contributed by atoms with Crippen LogP contribution in [0.5, 0.6) is 0 Å². The third kappa shape index (κ3) is 4.69. The number of carbonyl (C=O) groups excluding carboxylic acids is 1.